The molecule has 104 valence electrons. The second kappa shape index (κ2) is 7.76. The van der Waals surface area contributed by atoms with Crippen molar-refractivity contribution in [2.24, 2.45) is 0 Å². The number of carbonyl (C=O) groups excluding carboxylic acids is 2. The van der Waals surface area contributed by atoms with Gasteiger partial charge in [0.1, 0.15) is 0 Å². The van der Waals surface area contributed by atoms with Crippen LogP contribution in [0.3, 0.4) is 0 Å². The van der Waals surface area contributed by atoms with E-state index in [1.807, 2.05) is 6.92 Å². The molecular weight excluding hydrogens is 268 g/mol. The number of nitrogens with one attached hydrogen (secondary N) is 2. The van der Waals surface area contributed by atoms with E-state index in [0.717, 1.165) is 0 Å². The maximum Gasteiger partial charge on any atom is 0.251 e. The highest BCUT2D eigenvalue weighted by Gasteiger charge is 2.11. The fourth-order valence-electron chi connectivity index (χ4n) is 1.42. The highest BCUT2D eigenvalue weighted by molar-refractivity contribution is 6.30. The van der Waals surface area contributed by atoms with Crippen molar-refractivity contribution in [1.82, 2.24) is 10.6 Å². The van der Waals surface area contributed by atoms with Gasteiger partial charge in [0, 0.05) is 10.6 Å². The summed E-state index contributed by atoms with van der Waals surface area (Å²) in [7, 11) is 0. The first kappa shape index (κ1) is 15.5. The van der Waals surface area contributed by atoms with E-state index in [1.54, 1.807) is 24.3 Å². The molecule has 0 aromatic heterocycles. The van der Waals surface area contributed by atoms with Crippen LogP contribution in [0.1, 0.15) is 23.7 Å². The largest absolute Gasteiger partial charge is 0.394 e. The highest BCUT2D eigenvalue weighted by Crippen LogP contribution is 2.09. The van der Waals surface area contributed by atoms with Gasteiger partial charge in [-0.15, -0.1) is 0 Å². The van der Waals surface area contributed by atoms with E-state index in [-0.39, 0.29) is 31.0 Å². The Balaban J connectivity index is 2.41. The van der Waals surface area contributed by atoms with Gasteiger partial charge in [-0.3, -0.25) is 9.59 Å². The van der Waals surface area contributed by atoms with Crippen LogP contribution in [-0.2, 0) is 4.79 Å². The lowest BCUT2D eigenvalue weighted by molar-refractivity contribution is -0.121. The van der Waals surface area contributed by atoms with Crippen molar-refractivity contribution in [3.63, 3.8) is 0 Å². The molecular formula is C13H17ClN2O3. The number of hydrogen-bond donors (Lipinski definition) is 3. The molecule has 1 atom stereocenters. The maximum atomic E-state index is 11.7. The highest BCUT2D eigenvalue weighted by atomic mass is 35.5. The Labute approximate surface area is 117 Å². The van der Waals surface area contributed by atoms with Gasteiger partial charge in [-0.25, -0.2) is 0 Å². The second-order valence-electron chi connectivity index (χ2n) is 4.04. The number of aliphatic hydroxyl groups excluding tert-OH is 1. The Hall–Kier alpha value is -1.59. The molecule has 0 heterocycles. The third kappa shape index (κ3) is 5.28. The standard InChI is InChI=1S/C13H17ClN2O3/c1-2-11(8-17)16-12(18)7-15-13(19)9-3-5-10(14)6-4-9/h3-6,11,17H,2,7-8H2,1H3,(H,15,19)(H,16,18)/t11-/m1/s1. The monoisotopic (exact) mass is 284 g/mol. The summed E-state index contributed by atoms with van der Waals surface area (Å²) in [5.41, 5.74) is 0.436. The number of carbonyl (C=O) groups is 2. The van der Waals surface area contributed by atoms with Crippen LogP contribution >= 0.6 is 11.6 Å². The molecule has 0 aliphatic rings. The normalized spacial score (nSPS) is 11.7. The Morgan fingerprint density at radius 2 is 1.95 bits per heavy atom. The van der Waals surface area contributed by atoms with E-state index in [9.17, 15) is 9.59 Å². The van der Waals surface area contributed by atoms with Gasteiger partial charge in [-0.05, 0) is 30.7 Å². The predicted octanol–water partition coefficient (Wildman–Crippen LogP) is 0.957. The number of benzene rings is 1. The molecule has 0 aliphatic heterocycles. The van der Waals surface area contributed by atoms with E-state index < -0.39 is 0 Å². The third-order valence-corrected chi connectivity index (χ3v) is 2.85. The van der Waals surface area contributed by atoms with Crippen LogP contribution in [0.4, 0.5) is 0 Å². The van der Waals surface area contributed by atoms with Crippen molar-refractivity contribution in [2.45, 2.75) is 19.4 Å². The minimum atomic E-state index is -0.344. The zero-order valence-corrected chi connectivity index (χ0v) is 11.4. The molecule has 0 bridgehead atoms. The van der Waals surface area contributed by atoms with E-state index in [1.165, 1.54) is 0 Å². The van der Waals surface area contributed by atoms with Gasteiger partial charge >= 0.3 is 0 Å². The summed E-state index contributed by atoms with van der Waals surface area (Å²) in [4.78, 5) is 23.2. The Kier molecular flexibility index (Phi) is 6.32. The van der Waals surface area contributed by atoms with Crippen molar-refractivity contribution >= 4 is 23.4 Å². The van der Waals surface area contributed by atoms with Gasteiger partial charge in [-0.1, -0.05) is 18.5 Å². The fraction of sp³-hybridized carbons (Fsp3) is 0.385. The molecule has 0 spiro atoms. The van der Waals surface area contributed by atoms with E-state index in [0.29, 0.717) is 17.0 Å². The SMILES string of the molecule is CC[C@H](CO)NC(=O)CNC(=O)c1ccc(Cl)cc1. The molecule has 1 aromatic carbocycles. The lowest BCUT2D eigenvalue weighted by atomic mass is 10.2. The van der Waals surface area contributed by atoms with Crippen molar-refractivity contribution in [2.75, 3.05) is 13.2 Å². The smallest absolute Gasteiger partial charge is 0.251 e. The summed E-state index contributed by atoms with van der Waals surface area (Å²) in [5.74, 6) is -0.674. The molecule has 0 aliphatic carbocycles. The average Bonchev–Trinajstić information content (AvgIpc) is 2.43. The molecule has 2 amide bonds. The topological polar surface area (TPSA) is 78.4 Å². The lowest BCUT2D eigenvalue weighted by Crippen LogP contribution is -2.43. The van der Waals surface area contributed by atoms with Crippen LogP contribution in [-0.4, -0.2) is 36.1 Å². The van der Waals surface area contributed by atoms with Gasteiger partial charge in [0.05, 0.1) is 19.2 Å². The summed E-state index contributed by atoms with van der Waals surface area (Å²) in [6.45, 7) is 1.61. The Morgan fingerprint density at radius 1 is 1.32 bits per heavy atom. The average molecular weight is 285 g/mol. The lowest BCUT2D eigenvalue weighted by Gasteiger charge is -2.14. The summed E-state index contributed by atoms with van der Waals surface area (Å²) >= 11 is 5.71. The first-order chi connectivity index (χ1) is 9.06. The van der Waals surface area contributed by atoms with Crippen molar-refractivity contribution in [1.29, 1.82) is 0 Å². The number of amides is 2. The minimum Gasteiger partial charge on any atom is -0.394 e. The number of aliphatic hydroxyl groups is 1. The van der Waals surface area contributed by atoms with Gasteiger partial charge in [0.25, 0.3) is 5.91 Å². The van der Waals surface area contributed by atoms with E-state index >= 15 is 0 Å². The molecule has 0 saturated heterocycles. The first-order valence-corrected chi connectivity index (χ1v) is 6.38. The number of halogens is 1. The summed E-state index contributed by atoms with van der Waals surface area (Å²) in [6.07, 6.45) is 0.632. The Morgan fingerprint density at radius 3 is 2.47 bits per heavy atom. The van der Waals surface area contributed by atoms with Gasteiger partial charge in [-0.2, -0.15) is 0 Å². The molecule has 1 rings (SSSR count). The van der Waals surface area contributed by atoms with Crippen molar-refractivity contribution in [3.05, 3.63) is 34.9 Å². The maximum absolute atomic E-state index is 11.7. The van der Waals surface area contributed by atoms with Crippen molar-refractivity contribution in [3.8, 4) is 0 Å². The summed E-state index contributed by atoms with van der Waals surface area (Å²) in [5, 5.41) is 14.6. The molecule has 0 unspecified atom stereocenters. The minimum absolute atomic E-state index is 0.118. The third-order valence-electron chi connectivity index (χ3n) is 2.59. The summed E-state index contributed by atoms with van der Waals surface area (Å²) < 4.78 is 0. The fourth-order valence-corrected chi connectivity index (χ4v) is 1.55. The molecule has 0 saturated carbocycles. The molecule has 1 aromatic rings. The van der Waals surface area contributed by atoms with Gasteiger partial charge < -0.3 is 15.7 Å². The summed E-state index contributed by atoms with van der Waals surface area (Å²) in [6, 6.07) is 6.10. The van der Waals surface area contributed by atoms with Crippen LogP contribution in [0.15, 0.2) is 24.3 Å². The molecule has 6 heteroatoms. The van der Waals surface area contributed by atoms with Crippen LogP contribution in [0.25, 0.3) is 0 Å². The van der Waals surface area contributed by atoms with E-state index in [2.05, 4.69) is 10.6 Å². The quantitative estimate of drug-likeness (QED) is 0.728. The zero-order valence-electron chi connectivity index (χ0n) is 10.6. The molecule has 0 radical (unpaired) electrons. The van der Waals surface area contributed by atoms with Crippen LogP contribution in [0.2, 0.25) is 5.02 Å². The predicted molar refractivity (Wildman–Crippen MR) is 73.1 cm³/mol. The van der Waals surface area contributed by atoms with Gasteiger partial charge in [0.2, 0.25) is 5.91 Å². The van der Waals surface area contributed by atoms with Crippen LogP contribution in [0.5, 0.6) is 0 Å². The first-order valence-electron chi connectivity index (χ1n) is 6.00. The molecule has 0 fully saturated rings. The molecule has 19 heavy (non-hydrogen) atoms. The van der Waals surface area contributed by atoms with Gasteiger partial charge in [0.15, 0.2) is 0 Å². The van der Waals surface area contributed by atoms with Crippen LogP contribution < -0.4 is 10.6 Å². The molecule has 3 N–H and O–H groups in total. The van der Waals surface area contributed by atoms with E-state index in [4.69, 9.17) is 16.7 Å². The molecule has 5 nitrogen and oxygen atoms in total. The second-order valence-corrected chi connectivity index (χ2v) is 4.48. The Bertz CT molecular complexity index is 430. The van der Waals surface area contributed by atoms with Crippen LogP contribution in [0, 0.1) is 0 Å². The zero-order chi connectivity index (χ0) is 14.3. The number of rotatable bonds is 6. The van der Waals surface area contributed by atoms with Crippen molar-refractivity contribution < 1.29 is 14.7 Å². The number of hydrogen-bond acceptors (Lipinski definition) is 3.